The standard InChI is InChI=1S/C19H18N2O3S/c1-13(19(22)21-15-5-2-4-14(10-15)12-20)25-16-6-7-17-18(11-16)24-9-3-8-23-17/h2,4-7,10-11,13H,3,8-9H2,1H3,(H,21,22)/t13-/m1/s1. The number of thioether (sulfide) groups is 1. The summed E-state index contributed by atoms with van der Waals surface area (Å²) in [6.45, 7) is 3.13. The van der Waals surface area contributed by atoms with Gasteiger partial charge in [0.25, 0.3) is 0 Å². The molecule has 25 heavy (non-hydrogen) atoms. The van der Waals surface area contributed by atoms with Crippen molar-refractivity contribution in [2.45, 2.75) is 23.5 Å². The second-order valence-electron chi connectivity index (χ2n) is 5.60. The lowest BCUT2D eigenvalue weighted by atomic mass is 10.2. The van der Waals surface area contributed by atoms with Gasteiger partial charge in [0.15, 0.2) is 11.5 Å². The third-order valence-corrected chi connectivity index (χ3v) is 4.75. The predicted molar refractivity (Wildman–Crippen MR) is 97.2 cm³/mol. The highest BCUT2D eigenvalue weighted by Gasteiger charge is 2.17. The van der Waals surface area contributed by atoms with E-state index in [0.29, 0.717) is 24.5 Å². The van der Waals surface area contributed by atoms with Crippen molar-refractivity contribution >= 4 is 23.4 Å². The van der Waals surface area contributed by atoms with E-state index in [1.807, 2.05) is 25.1 Å². The quantitative estimate of drug-likeness (QED) is 0.845. The Morgan fingerprint density at radius 1 is 1.20 bits per heavy atom. The SMILES string of the molecule is C[C@@H](Sc1ccc2c(c1)OCCCO2)C(=O)Nc1cccc(C#N)c1. The molecule has 0 aliphatic carbocycles. The van der Waals surface area contributed by atoms with Crippen LogP contribution in [0.4, 0.5) is 5.69 Å². The summed E-state index contributed by atoms with van der Waals surface area (Å²) in [5, 5.41) is 11.5. The van der Waals surface area contributed by atoms with Crippen molar-refractivity contribution in [2.24, 2.45) is 0 Å². The molecular weight excluding hydrogens is 336 g/mol. The molecule has 0 saturated heterocycles. The maximum Gasteiger partial charge on any atom is 0.237 e. The summed E-state index contributed by atoms with van der Waals surface area (Å²) in [7, 11) is 0. The lowest BCUT2D eigenvalue weighted by Gasteiger charge is -2.14. The Bertz CT molecular complexity index is 817. The van der Waals surface area contributed by atoms with Crippen LogP contribution >= 0.6 is 11.8 Å². The smallest absolute Gasteiger partial charge is 0.237 e. The van der Waals surface area contributed by atoms with Crippen LogP contribution in [-0.4, -0.2) is 24.4 Å². The Kier molecular flexibility index (Phi) is 5.46. The summed E-state index contributed by atoms with van der Waals surface area (Å²) in [6, 6.07) is 14.6. The molecule has 1 aliphatic rings. The number of nitriles is 1. The Labute approximate surface area is 150 Å². The van der Waals surface area contributed by atoms with Crippen molar-refractivity contribution in [2.75, 3.05) is 18.5 Å². The number of benzene rings is 2. The highest BCUT2D eigenvalue weighted by Crippen LogP contribution is 2.35. The minimum atomic E-state index is -0.296. The van der Waals surface area contributed by atoms with E-state index in [2.05, 4.69) is 11.4 Å². The Hall–Kier alpha value is -2.65. The predicted octanol–water partition coefficient (Wildman–Crippen LogP) is 3.84. The van der Waals surface area contributed by atoms with Crippen LogP contribution in [0.2, 0.25) is 0 Å². The second kappa shape index (κ2) is 7.95. The van der Waals surface area contributed by atoms with E-state index in [9.17, 15) is 4.79 Å². The van der Waals surface area contributed by atoms with Gasteiger partial charge in [0, 0.05) is 17.0 Å². The number of nitrogens with one attached hydrogen (secondary N) is 1. The van der Waals surface area contributed by atoms with E-state index in [-0.39, 0.29) is 11.2 Å². The molecule has 1 N–H and O–H groups in total. The zero-order valence-corrected chi connectivity index (χ0v) is 14.6. The molecule has 0 fully saturated rings. The molecule has 1 atom stereocenters. The first-order valence-corrected chi connectivity index (χ1v) is 8.91. The fourth-order valence-corrected chi connectivity index (χ4v) is 3.28. The van der Waals surface area contributed by atoms with Crippen molar-refractivity contribution in [3.8, 4) is 17.6 Å². The van der Waals surface area contributed by atoms with Crippen molar-refractivity contribution in [1.29, 1.82) is 5.26 Å². The maximum atomic E-state index is 12.4. The molecule has 3 rings (SSSR count). The molecule has 1 amide bonds. The van der Waals surface area contributed by atoms with Gasteiger partial charge in [-0.1, -0.05) is 6.07 Å². The average Bonchev–Trinajstić information content (AvgIpc) is 2.86. The van der Waals surface area contributed by atoms with Crippen LogP contribution in [0.5, 0.6) is 11.5 Å². The summed E-state index contributed by atoms with van der Waals surface area (Å²) in [5.41, 5.74) is 1.14. The Morgan fingerprint density at radius 2 is 2.00 bits per heavy atom. The first kappa shape index (κ1) is 17.2. The molecule has 1 heterocycles. The van der Waals surface area contributed by atoms with Gasteiger partial charge in [-0.15, -0.1) is 11.8 Å². The number of ether oxygens (including phenoxy) is 2. The first-order chi connectivity index (χ1) is 12.2. The van der Waals surface area contributed by atoms with E-state index in [1.165, 1.54) is 11.8 Å². The minimum Gasteiger partial charge on any atom is -0.490 e. The van der Waals surface area contributed by atoms with E-state index < -0.39 is 0 Å². The molecule has 0 aromatic heterocycles. The molecule has 2 aromatic rings. The van der Waals surface area contributed by atoms with Gasteiger partial charge in [-0.2, -0.15) is 5.26 Å². The molecule has 5 nitrogen and oxygen atoms in total. The fraction of sp³-hybridized carbons (Fsp3) is 0.263. The van der Waals surface area contributed by atoms with Gasteiger partial charge in [-0.05, 0) is 43.3 Å². The van der Waals surface area contributed by atoms with Gasteiger partial charge < -0.3 is 14.8 Å². The number of nitrogens with zero attached hydrogens (tertiary/aromatic N) is 1. The van der Waals surface area contributed by atoms with Crippen molar-refractivity contribution in [1.82, 2.24) is 0 Å². The summed E-state index contributed by atoms with van der Waals surface area (Å²) < 4.78 is 11.3. The van der Waals surface area contributed by atoms with Crippen molar-refractivity contribution in [3.63, 3.8) is 0 Å². The van der Waals surface area contributed by atoms with Gasteiger partial charge in [-0.3, -0.25) is 4.79 Å². The largest absolute Gasteiger partial charge is 0.490 e. The normalized spacial score (nSPS) is 14.1. The van der Waals surface area contributed by atoms with Gasteiger partial charge >= 0.3 is 0 Å². The number of hydrogen-bond donors (Lipinski definition) is 1. The average molecular weight is 354 g/mol. The van der Waals surface area contributed by atoms with Crippen LogP contribution < -0.4 is 14.8 Å². The molecule has 0 spiro atoms. The third kappa shape index (κ3) is 4.46. The molecule has 6 heteroatoms. The Morgan fingerprint density at radius 3 is 2.80 bits per heavy atom. The summed E-state index contributed by atoms with van der Waals surface area (Å²) in [6.07, 6.45) is 0.859. The van der Waals surface area contributed by atoms with E-state index in [4.69, 9.17) is 14.7 Å². The van der Waals surface area contributed by atoms with Gasteiger partial charge in [0.05, 0.1) is 30.1 Å². The fourth-order valence-electron chi connectivity index (χ4n) is 2.38. The molecule has 0 saturated carbocycles. The summed E-state index contributed by atoms with van der Waals surface area (Å²) in [4.78, 5) is 13.3. The zero-order chi connectivity index (χ0) is 17.6. The first-order valence-electron chi connectivity index (χ1n) is 8.03. The van der Waals surface area contributed by atoms with Crippen LogP contribution in [0.15, 0.2) is 47.4 Å². The van der Waals surface area contributed by atoms with Gasteiger partial charge in [0.2, 0.25) is 5.91 Å². The van der Waals surface area contributed by atoms with Crippen LogP contribution in [-0.2, 0) is 4.79 Å². The molecule has 2 aromatic carbocycles. The van der Waals surface area contributed by atoms with E-state index >= 15 is 0 Å². The molecule has 0 radical (unpaired) electrons. The zero-order valence-electron chi connectivity index (χ0n) is 13.8. The maximum absolute atomic E-state index is 12.4. The van der Waals surface area contributed by atoms with Gasteiger partial charge in [0.1, 0.15) is 0 Å². The Balaban J connectivity index is 1.65. The minimum absolute atomic E-state index is 0.118. The number of amides is 1. The number of carbonyl (C=O) groups excluding carboxylic acids is 1. The number of fused-ring (bicyclic) bond motifs is 1. The van der Waals surface area contributed by atoms with Crippen LogP contribution in [0.1, 0.15) is 18.9 Å². The van der Waals surface area contributed by atoms with E-state index in [0.717, 1.165) is 22.8 Å². The monoisotopic (exact) mass is 354 g/mol. The van der Waals surface area contributed by atoms with Crippen LogP contribution in [0.3, 0.4) is 0 Å². The number of hydrogen-bond acceptors (Lipinski definition) is 5. The highest BCUT2D eigenvalue weighted by molar-refractivity contribution is 8.00. The van der Waals surface area contributed by atoms with Crippen molar-refractivity contribution in [3.05, 3.63) is 48.0 Å². The lowest BCUT2D eigenvalue weighted by molar-refractivity contribution is -0.115. The number of carbonyl (C=O) groups is 1. The number of anilines is 1. The third-order valence-electron chi connectivity index (χ3n) is 3.66. The second-order valence-corrected chi connectivity index (χ2v) is 7.02. The summed E-state index contributed by atoms with van der Waals surface area (Å²) in [5.74, 6) is 1.34. The highest BCUT2D eigenvalue weighted by atomic mass is 32.2. The lowest BCUT2D eigenvalue weighted by Crippen LogP contribution is -2.22. The van der Waals surface area contributed by atoms with Crippen molar-refractivity contribution < 1.29 is 14.3 Å². The molecule has 0 bridgehead atoms. The molecule has 1 aliphatic heterocycles. The molecule has 0 unspecified atom stereocenters. The topological polar surface area (TPSA) is 71.3 Å². The summed E-state index contributed by atoms with van der Waals surface area (Å²) >= 11 is 1.45. The number of rotatable bonds is 4. The van der Waals surface area contributed by atoms with Crippen LogP contribution in [0.25, 0.3) is 0 Å². The van der Waals surface area contributed by atoms with E-state index in [1.54, 1.807) is 24.3 Å². The molecule has 128 valence electrons. The van der Waals surface area contributed by atoms with Gasteiger partial charge in [-0.25, -0.2) is 0 Å². The molecular formula is C19H18N2O3S. The van der Waals surface area contributed by atoms with Crippen LogP contribution in [0, 0.1) is 11.3 Å².